The summed E-state index contributed by atoms with van der Waals surface area (Å²) >= 11 is 0. The van der Waals surface area contributed by atoms with Gasteiger partial charge in [-0.1, -0.05) is 26.2 Å². The van der Waals surface area contributed by atoms with Gasteiger partial charge in [-0.2, -0.15) is 0 Å². The predicted octanol–water partition coefficient (Wildman–Crippen LogP) is 1.59. The minimum atomic E-state index is -0.806. The number of carbonyl (C=O) groups is 2. The Bertz CT molecular complexity index is 396. The highest BCUT2D eigenvalue weighted by Crippen LogP contribution is 2.24. The Labute approximate surface area is 138 Å². The quantitative estimate of drug-likeness (QED) is 0.751. The molecule has 2 aliphatic rings. The third kappa shape index (κ3) is 5.46. The van der Waals surface area contributed by atoms with Crippen LogP contribution in [0.5, 0.6) is 0 Å². The normalized spacial score (nSPS) is 24.4. The van der Waals surface area contributed by atoms with Crippen LogP contribution in [0.2, 0.25) is 0 Å². The lowest BCUT2D eigenvalue weighted by atomic mass is 9.93. The molecule has 1 saturated heterocycles. The summed E-state index contributed by atoms with van der Waals surface area (Å²) in [5.74, 6) is -1.40. The number of aliphatic carboxylic acids is 1. The second-order valence-corrected chi connectivity index (χ2v) is 6.71. The van der Waals surface area contributed by atoms with Crippen molar-refractivity contribution >= 4 is 11.9 Å². The summed E-state index contributed by atoms with van der Waals surface area (Å²) in [6, 6.07) is 0.483. The van der Waals surface area contributed by atoms with Crippen LogP contribution in [0.4, 0.5) is 0 Å². The van der Waals surface area contributed by atoms with Gasteiger partial charge in [0.1, 0.15) is 6.61 Å². The number of rotatable bonds is 6. The number of hydrogen-bond acceptors (Lipinski definition) is 4. The van der Waals surface area contributed by atoms with Gasteiger partial charge in [0.05, 0.1) is 5.92 Å². The van der Waals surface area contributed by atoms with Crippen molar-refractivity contribution in [3.8, 4) is 0 Å². The highest BCUT2D eigenvalue weighted by atomic mass is 16.5. The third-order valence-corrected chi connectivity index (χ3v) is 4.92. The van der Waals surface area contributed by atoms with Crippen LogP contribution in [0, 0.1) is 5.92 Å². The summed E-state index contributed by atoms with van der Waals surface area (Å²) in [6.45, 7) is 4.85. The molecule has 1 N–H and O–H groups in total. The van der Waals surface area contributed by atoms with Gasteiger partial charge in [0.2, 0.25) is 5.91 Å². The first kappa shape index (κ1) is 18.2. The topological polar surface area (TPSA) is 70.1 Å². The maximum atomic E-state index is 12.3. The molecule has 1 unspecified atom stereocenters. The van der Waals surface area contributed by atoms with Gasteiger partial charge in [-0.3, -0.25) is 14.5 Å². The number of carboxylic acids is 1. The van der Waals surface area contributed by atoms with Gasteiger partial charge in [-0.15, -0.1) is 0 Å². The molecule has 1 aliphatic heterocycles. The van der Waals surface area contributed by atoms with Crippen molar-refractivity contribution in [2.24, 2.45) is 5.92 Å². The van der Waals surface area contributed by atoms with Gasteiger partial charge >= 0.3 is 5.97 Å². The minimum absolute atomic E-state index is 0.0591. The lowest BCUT2D eigenvalue weighted by Crippen LogP contribution is -2.41. The molecule has 1 heterocycles. The zero-order chi connectivity index (χ0) is 16.7. The molecule has 1 atom stereocenters. The predicted molar refractivity (Wildman–Crippen MR) is 87.3 cm³/mol. The number of ether oxygens (including phenoxy) is 1. The Balaban J connectivity index is 1.96. The second kappa shape index (κ2) is 9.23. The van der Waals surface area contributed by atoms with Crippen molar-refractivity contribution in [3.63, 3.8) is 0 Å². The first-order chi connectivity index (χ1) is 11.1. The molecule has 6 nitrogen and oxygen atoms in total. The summed E-state index contributed by atoms with van der Waals surface area (Å²) < 4.78 is 5.33. The van der Waals surface area contributed by atoms with Gasteiger partial charge < -0.3 is 14.7 Å². The molecule has 1 saturated carbocycles. The smallest absolute Gasteiger partial charge is 0.309 e. The molecule has 0 aromatic rings. The van der Waals surface area contributed by atoms with E-state index in [1.54, 1.807) is 4.90 Å². The monoisotopic (exact) mass is 326 g/mol. The van der Waals surface area contributed by atoms with Crippen molar-refractivity contribution < 1.29 is 19.4 Å². The summed E-state index contributed by atoms with van der Waals surface area (Å²) in [7, 11) is 0. The van der Waals surface area contributed by atoms with Crippen LogP contribution in [0.25, 0.3) is 0 Å². The molecule has 1 amide bonds. The van der Waals surface area contributed by atoms with Crippen LogP contribution < -0.4 is 0 Å². The van der Waals surface area contributed by atoms with Crippen LogP contribution in [0.1, 0.15) is 45.4 Å². The third-order valence-electron chi connectivity index (χ3n) is 4.92. The fourth-order valence-corrected chi connectivity index (χ4v) is 3.59. The van der Waals surface area contributed by atoms with Crippen LogP contribution in [-0.2, 0) is 14.3 Å². The zero-order valence-corrected chi connectivity index (χ0v) is 14.2. The highest BCUT2D eigenvalue weighted by molar-refractivity contribution is 5.78. The first-order valence-corrected chi connectivity index (χ1v) is 8.94. The van der Waals surface area contributed by atoms with Crippen molar-refractivity contribution in [1.29, 1.82) is 0 Å². The van der Waals surface area contributed by atoms with Gasteiger partial charge in [0.25, 0.3) is 0 Å². The molecule has 1 aliphatic carbocycles. The average molecular weight is 326 g/mol. The molecule has 0 bridgehead atoms. The summed E-state index contributed by atoms with van der Waals surface area (Å²) in [5.41, 5.74) is 0. The van der Waals surface area contributed by atoms with Crippen LogP contribution in [-0.4, -0.2) is 72.2 Å². The van der Waals surface area contributed by atoms with Gasteiger partial charge in [-0.05, 0) is 19.3 Å². The van der Waals surface area contributed by atoms with Crippen molar-refractivity contribution in [2.45, 2.75) is 51.5 Å². The number of carboxylic acid groups (broad SMARTS) is 1. The molecule has 0 radical (unpaired) electrons. The maximum absolute atomic E-state index is 12.3. The summed E-state index contributed by atoms with van der Waals surface area (Å²) in [6.07, 6.45) is 6.92. The molecule has 0 aromatic carbocycles. The van der Waals surface area contributed by atoms with E-state index in [9.17, 15) is 14.7 Å². The highest BCUT2D eigenvalue weighted by Gasteiger charge is 2.33. The number of carbonyl (C=O) groups excluding carboxylic acids is 1. The fraction of sp³-hybridized carbons (Fsp3) is 0.882. The van der Waals surface area contributed by atoms with E-state index in [4.69, 9.17) is 4.74 Å². The molecule has 0 spiro atoms. The minimum Gasteiger partial charge on any atom is -0.481 e. The second-order valence-electron chi connectivity index (χ2n) is 6.71. The Morgan fingerprint density at radius 1 is 1.13 bits per heavy atom. The SMILES string of the molecule is CCCOCC(=O)N1CCN(C2CCCCC2)CC(C(=O)O)C1. The number of nitrogens with zero attached hydrogens (tertiary/aromatic N) is 2. The van der Waals surface area contributed by atoms with Gasteiger partial charge in [-0.25, -0.2) is 0 Å². The van der Waals surface area contributed by atoms with Gasteiger partial charge in [0.15, 0.2) is 0 Å². The van der Waals surface area contributed by atoms with E-state index in [-0.39, 0.29) is 12.5 Å². The molecular weight excluding hydrogens is 296 g/mol. The van der Waals surface area contributed by atoms with E-state index < -0.39 is 11.9 Å². The van der Waals surface area contributed by atoms with E-state index in [2.05, 4.69) is 4.90 Å². The number of amides is 1. The Morgan fingerprint density at radius 3 is 2.52 bits per heavy atom. The first-order valence-electron chi connectivity index (χ1n) is 8.94. The molecule has 6 heteroatoms. The van der Waals surface area contributed by atoms with Crippen molar-refractivity contribution in [3.05, 3.63) is 0 Å². The summed E-state index contributed by atoms with van der Waals surface area (Å²) in [5, 5.41) is 9.50. The number of hydrogen-bond donors (Lipinski definition) is 1. The van der Waals surface area contributed by atoms with Gasteiger partial charge in [0, 0.05) is 38.8 Å². The van der Waals surface area contributed by atoms with E-state index in [1.807, 2.05) is 6.92 Å². The molecule has 0 aromatic heterocycles. The maximum Gasteiger partial charge on any atom is 0.309 e. The van der Waals surface area contributed by atoms with Crippen LogP contribution >= 0.6 is 0 Å². The van der Waals surface area contributed by atoms with Crippen molar-refractivity contribution in [1.82, 2.24) is 9.80 Å². The van der Waals surface area contributed by atoms with E-state index in [0.717, 1.165) is 25.8 Å². The van der Waals surface area contributed by atoms with E-state index in [1.165, 1.54) is 19.3 Å². The fourth-order valence-electron chi connectivity index (χ4n) is 3.59. The van der Waals surface area contributed by atoms with E-state index in [0.29, 0.717) is 32.3 Å². The van der Waals surface area contributed by atoms with Crippen LogP contribution in [0.15, 0.2) is 0 Å². The lowest BCUT2D eigenvalue weighted by Gasteiger charge is -2.34. The van der Waals surface area contributed by atoms with Crippen LogP contribution in [0.3, 0.4) is 0 Å². The molecule has 2 rings (SSSR count). The average Bonchev–Trinajstić information content (AvgIpc) is 2.79. The molecular formula is C17H30N2O4. The summed E-state index contributed by atoms with van der Waals surface area (Å²) in [4.78, 5) is 27.8. The molecule has 23 heavy (non-hydrogen) atoms. The molecule has 2 fully saturated rings. The Hall–Kier alpha value is -1.14. The standard InChI is InChI=1S/C17H30N2O4/c1-2-10-23-13-16(20)19-9-8-18(11-14(12-19)17(21)22)15-6-4-3-5-7-15/h14-15H,2-13H2,1H3,(H,21,22). The Morgan fingerprint density at radius 2 is 1.87 bits per heavy atom. The Kier molecular flexibility index (Phi) is 7.30. The van der Waals surface area contributed by atoms with Crippen molar-refractivity contribution in [2.75, 3.05) is 39.4 Å². The largest absolute Gasteiger partial charge is 0.481 e. The molecule has 132 valence electrons. The lowest BCUT2D eigenvalue weighted by molar-refractivity contribution is -0.144. The zero-order valence-electron chi connectivity index (χ0n) is 14.2. The van der Waals surface area contributed by atoms with E-state index >= 15 is 0 Å².